The predicted octanol–water partition coefficient (Wildman–Crippen LogP) is 3.14. The zero-order chi connectivity index (χ0) is 20.3. The van der Waals surface area contributed by atoms with E-state index >= 15 is 0 Å². The molecule has 150 valence electrons. The highest BCUT2D eigenvalue weighted by Gasteiger charge is 2.38. The van der Waals surface area contributed by atoms with E-state index in [2.05, 4.69) is 33.8 Å². The molecule has 1 N–H and O–H groups in total. The van der Waals surface area contributed by atoms with Crippen LogP contribution >= 0.6 is 0 Å². The van der Waals surface area contributed by atoms with Crippen LogP contribution in [0.5, 0.6) is 0 Å². The van der Waals surface area contributed by atoms with E-state index in [0.29, 0.717) is 13.1 Å². The third-order valence-corrected chi connectivity index (χ3v) is 5.56. The number of amides is 1. The first-order chi connectivity index (χ1) is 13.3. The molecule has 1 aliphatic carbocycles. The maximum absolute atomic E-state index is 13.3. The Kier molecular flexibility index (Phi) is 5.87. The van der Waals surface area contributed by atoms with Crippen molar-refractivity contribution in [3.05, 3.63) is 46.9 Å². The summed E-state index contributed by atoms with van der Waals surface area (Å²) >= 11 is 0. The van der Waals surface area contributed by atoms with Crippen molar-refractivity contribution in [2.75, 3.05) is 31.1 Å². The molecule has 1 aromatic rings. The highest BCUT2D eigenvalue weighted by molar-refractivity contribution is 5.98. The van der Waals surface area contributed by atoms with Crippen LogP contribution in [0.15, 0.2) is 51.9 Å². The molecule has 2 heterocycles. The van der Waals surface area contributed by atoms with Gasteiger partial charge >= 0.3 is 0 Å². The number of allylic oxidation sites excluding steroid dienone is 1. The second-order valence-electron chi connectivity index (χ2n) is 8.16. The minimum absolute atomic E-state index is 0.0714. The fraction of sp³-hybridized carbons (Fsp3) is 0.500. The van der Waals surface area contributed by atoms with Gasteiger partial charge in [0, 0.05) is 49.1 Å². The van der Waals surface area contributed by atoms with E-state index in [1.807, 2.05) is 43.9 Å². The number of anilines is 1. The summed E-state index contributed by atoms with van der Waals surface area (Å²) in [5.41, 5.74) is 2.70. The fourth-order valence-electron chi connectivity index (χ4n) is 3.56. The molecule has 1 aliphatic heterocycles. The van der Waals surface area contributed by atoms with Gasteiger partial charge in [0.1, 0.15) is 11.6 Å². The van der Waals surface area contributed by atoms with E-state index in [1.54, 1.807) is 6.20 Å². The minimum atomic E-state index is 0.0714. The first-order valence-corrected chi connectivity index (χ1v) is 9.93. The Bertz CT molecular complexity index is 795. The monoisotopic (exact) mass is 381 g/mol. The van der Waals surface area contributed by atoms with Crippen molar-refractivity contribution in [1.82, 2.24) is 15.2 Å². The molecule has 3 rings (SSSR count). The van der Waals surface area contributed by atoms with Gasteiger partial charge in [-0.3, -0.25) is 4.79 Å². The van der Waals surface area contributed by atoms with Gasteiger partial charge in [-0.15, -0.1) is 0 Å². The van der Waals surface area contributed by atoms with Crippen LogP contribution in [0.3, 0.4) is 0 Å². The largest absolute Gasteiger partial charge is 0.365 e. The van der Waals surface area contributed by atoms with Crippen molar-refractivity contribution >= 4 is 18.4 Å². The average Bonchev–Trinajstić information content (AvgIpc) is 3.43. The first kappa shape index (κ1) is 20.1. The number of hydrogen-bond donors (Lipinski definition) is 1. The van der Waals surface area contributed by atoms with Gasteiger partial charge < -0.3 is 15.1 Å². The number of hydrogen-bond acceptors (Lipinski definition) is 5. The Labute approximate surface area is 168 Å². The van der Waals surface area contributed by atoms with Crippen LogP contribution < -0.4 is 10.2 Å². The zero-order valence-corrected chi connectivity index (χ0v) is 17.5. The number of nitrogens with one attached hydrogen (secondary N) is 1. The molecule has 0 aromatic carbocycles. The van der Waals surface area contributed by atoms with Crippen LogP contribution in [0.4, 0.5) is 5.82 Å². The van der Waals surface area contributed by atoms with Gasteiger partial charge in [-0.25, -0.2) is 9.98 Å². The third-order valence-electron chi connectivity index (χ3n) is 5.56. The molecule has 0 unspecified atom stereocenters. The standard InChI is InChI=1S/C22H31N5O/c1-16(2)19(17(3)20(23-5)25-22(4)9-10-22)21(28)27-14-12-26(13-15-27)18-8-6-7-11-24-18/h6-8,11,25H,5,9-10,12-15H2,1-4H3/b20-17-. The molecule has 2 fully saturated rings. The molecule has 6 nitrogen and oxygen atoms in total. The van der Waals surface area contributed by atoms with Crippen molar-refractivity contribution in [2.45, 2.75) is 46.1 Å². The van der Waals surface area contributed by atoms with Crippen LogP contribution in [-0.4, -0.2) is 54.2 Å². The molecule has 2 aliphatic rings. The van der Waals surface area contributed by atoms with Crippen LogP contribution in [0, 0.1) is 0 Å². The number of pyridine rings is 1. The lowest BCUT2D eigenvalue weighted by atomic mass is 10.0. The molecule has 1 amide bonds. The van der Waals surface area contributed by atoms with E-state index in [4.69, 9.17) is 0 Å². The summed E-state index contributed by atoms with van der Waals surface area (Å²) in [6.07, 6.45) is 4.04. The molecular weight excluding hydrogens is 350 g/mol. The normalized spacial score (nSPS) is 18.9. The van der Waals surface area contributed by atoms with Gasteiger partial charge in [0.15, 0.2) is 0 Å². The van der Waals surface area contributed by atoms with Crippen LogP contribution in [-0.2, 0) is 4.79 Å². The van der Waals surface area contributed by atoms with Gasteiger partial charge in [0.05, 0.1) is 0 Å². The number of nitrogens with zero attached hydrogens (tertiary/aromatic N) is 4. The summed E-state index contributed by atoms with van der Waals surface area (Å²) < 4.78 is 0. The van der Waals surface area contributed by atoms with E-state index in [0.717, 1.165) is 54.3 Å². The molecule has 28 heavy (non-hydrogen) atoms. The fourth-order valence-corrected chi connectivity index (χ4v) is 3.56. The van der Waals surface area contributed by atoms with E-state index in [-0.39, 0.29) is 11.4 Å². The predicted molar refractivity (Wildman–Crippen MR) is 114 cm³/mol. The molecule has 6 heteroatoms. The quantitative estimate of drug-likeness (QED) is 0.467. The molecule has 1 saturated heterocycles. The van der Waals surface area contributed by atoms with Gasteiger partial charge in [-0.1, -0.05) is 11.6 Å². The van der Waals surface area contributed by atoms with Crippen LogP contribution in [0.25, 0.3) is 0 Å². The van der Waals surface area contributed by atoms with Gasteiger partial charge in [-0.2, -0.15) is 0 Å². The number of carbonyl (C=O) groups excluding carboxylic acids is 1. The van der Waals surface area contributed by atoms with Crippen LogP contribution in [0.1, 0.15) is 40.5 Å². The SMILES string of the molecule is C=N/C(NC1(C)CC1)=C(\C)C(C(=O)N1CCN(c2ccccn2)CC1)=C(C)C. The van der Waals surface area contributed by atoms with Crippen molar-refractivity contribution in [2.24, 2.45) is 4.99 Å². The Balaban J connectivity index is 1.74. The molecule has 0 radical (unpaired) electrons. The molecule has 1 aromatic heterocycles. The molecule has 0 bridgehead atoms. The summed E-state index contributed by atoms with van der Waals surface area (Å²) in [6, 6.07) is 5.92. The summed E-state index contributed by atoms with van der Waals surface area (Å²) in [7, 11) is 0. The van der Waals surface area contributed by atoms with Crippen molar-refractivity contribution in [3.8, 4) is 0 Å². The molecule has 0 spiro atoms. The minimum Gasteiger partial charge on any atom is -0.365 e. The third kappa shape index (κ3) is 4.43. The molecule has 1 saturated carbocycles. The van der Waals surface area contributed by atoms with Crippen molar-refractivity contribution in [1.29, 1.82) is 0 Å². The number of aliphatic imine (C=N–C) groups is 1. The summed E-state index contributed by atoms with van der Waals surface area (Å²) in [4.78, 5) is 26.1. The lowest BCUT2D eigenvalue weighted by Gasteiger charge is -2.36. The topological polar surface area (TPSA) is 60.8 Å². The first-order valence-electron chi connectivity index (χ1n) is 9.93. The maximum Gasteiger partial charge on any atom is 0.254 e. The average molecular weight is 382 g/mol. The lowest BCUT2D eigenvalue weighted by Crippen LogP contribution is -2.49. The maximum atomic E-state index is 13.3. The number of carbonyl (C=O) groups is 1. The second-order valence-corrected chi connectivity index (χ2v) is 8.16. The van der Waals surface area contributed by atoms with E-state index in [9.17, 15) is 4.79 Å². The summed E-state index contributed by atoms with van der Waals surface area (Å²) in [5, 5.41) is 3.47. The van der Waals surface area contributed by atoms with Crippen molar-refractivity contribution < 1.29 is 4.79 Å². The Morgan fingerprint density at radius 1 is 1.18 bits per heavy atom. The van der Waals surface area contributed by atoms with Gasteiger partial charge in [0.25, 0.3) is 5.91 Å². The highest BCUT2D eigenvalue weighted by Crippen LogP contribution is 2.36. The number of rotatable bonds is 6. The summed E-state index contributed by atoms with van der Waals surface area (Å²) in [5.74, 6) is 1.76. The molecule has 0 atom stereocenters. The number of piperazine rings is 1. The Morgan fingerprint density at radius 3 is 2.36 bits per heavy atom. The van der Waals surface area contributed by atoms with Gasteiger partial charge in [0.2, 0.25) is 0 Å². The van der Waals surface area contributed by atoms with Crippen molar-refractivity contribution in [3.63, 3.8) is 0 Å². The summed E-state index contributed by atoms with van der Waals surface area (Å²) in [6.45, 7) is 14.8. The second kappa shape index (κ2) is 8.17. The smallest absolute Gasteiger partial charge is 0.254 e. The van der Waals surface area contributed by atoms with Crippen LogP contribution in [0.2, 0.25) is 0 Å². The lowest BCUT2D eigenvalue weighted by molar-refractivity contribution is -0.127. The molecular formula is C22H31N5O. The van der Waals surface area contributed by atoms with E-state index in [1.165, 1.54) is 0 Å². The Morgan fingerprint density at radius 2 is 1.86 bits per heavy atom. The Hall–Kier alpha value is -2.63. The van der Waals surface area contributed by atoms with Gasteiger partial charge in [-0.05, 0) is 59.4 Å². The zero-order valence-electron chi connectivity index (χ0n) is 17.5. The number of aromatic nitrogens is 1. The van der Waals surface area contributed by atoms with E-state index < -0.39 is 0 Å². The highest BCUT2D eigenvalue weighted by atomic mass is 16.2.